The molecule has 0 fully saturated rings. The normalized spacial score (nSPS) is 26.9. The Morgan fingerprint density at radius 2 is 0.520 bits per heavy atom. The molecule has 0 aromatic rings. The molecule has 0 nitrogen and oxygen atoms in total. The molecule has 2 rings (SSSR count). The molecule has 0 aliphatic heterocycles. The van der Waals surface area contributed by atoms with Crippen LogP contribution in [0.5, 0.6) is 0 Å². The van der Waals surface area contributed by atoms with Crippen molar-refractivity contribution in [2.24, 2.45) is 0 Å². The van der Waals surface area contributed by atoms with Gasteiger partial charge < -0.3 is 0 Å². The van der Waals surface area contributed by atoms with E-state index in [4.69, 9.17) is 0 Å². The molecule has 0 saturated carbocycles. The fourth-order valence-electron chi connectivity index (χ4n) is 2.71. The van der Waals surface area contributed by atoms with Crippen LogP contribution in [0.3, 0.4) is 0 Å². The van der Waals surface area contributed by atoms with E-state index >= 15 is 0 Å². The summed E-state index contributed by atoms with van der Waals surface area (Å²) in [5.41, 5.74) is 0. The van der Waals surface area contributed by atoms with Gasteiger partial charge >= 0.3 is 0 Å². The molecule has 0 radical (unpaired) electrons. The van der Waals surface area contributed by atoms with Gasteiger partial charge in [0.15, 0.2) is 0 Å². The zero-order valence-corrected chi connectivity index (χ0v) is 16.7. The first-order valence-electron chi connectivity index (χ1n) is 9.97. The molecule has 142 valence electrons. The van der Waals surface area contributed by atoms with Crippen LogP contribution in [0, 0.1) is 0 Å². The van der Waals surface area contributed by atoms with Gasteiger partial charge in [0, 0.05) is 16.5 Å². The van der Waals surface area contributed by atoms with E-state index in [1.807, 2.05) is 0 Å². The third-order valence-electron chi connectivity index (χ3n) is 4.19. The zero-order chi connectivity index (χ0) is 17.0. The summed E-state index contributed by atoms with van der Waals surface area (Å²) < 4.78 is 0. The molecule has 0 heterocycles. The topological polar surface area (TPSA) is 0 Å². The molecule has 0 aromatic carbocycles. The van der Waals surface area contributed by atoms with Gasteiger partial charge in [-0.15, -0.1) is 0 Å². The second-order valence-corrected chi connectivity index (χ2v) is 6.47. The molecule has 0 saturated heterocycles. The van der Waals surface area contributed by atoms with Crippen LogP contribution in [0.2, 0.25) is 0 Å². The van der Waals surface area contributed by atoms with Crippen molar-refractivity contribution in [3.8, 4) is 0 Å². The Hall–Kier alpha value is -1.07. The predicted molar refractivity (Wildman–Crippen MR) is 110 cm³/mol. The summed E-state index contributed by atoms with van der Waals surface area (Å²) in [4.78, 5) is 0. The first-order valence-corrected chi connectivity index (χ1v) is 9.97. The fraction of sp³-hybridized carbons (Fsp3) is 0.500. The van der Waals surface area contributed by atoms with Gasteiger partial charge in [-0.3, -0.25) is 0 Å². The third kappa shape index (κ3) is 19.1. The molecule has 2 aliphatic rings. The minimum atomic E-state index is 0. The molecule has 0 spiro atoms. The maximum atomic E-state index is 2.26. The quantitative estimate of drug-likeness (QED) is 0.372. The van der Waals surface area contributed by atoms with Gasteiger partial charge in [0.2, 0.25) is 0 Å². The van der Waals surface area contributed by atoms with E-state index in [0.29, 0.717) is 0 Å². The standard InChI is InChI=1S/2C12H18.Ni/c2*1-2-4-6-8-10-12-11-9-7-5-3-1;/h2*1-6H,7-12H2;/b2*2-1+,5-3-,6-4+;. The van der Waals surface area contributed by atoms with Gasteiger partial charge in [0.1, 0.15) is 0 Å². The van der Waals surface area contributed by atoms with E-state index < -0.39 is 0 Å². The van der Waals surface area contributed by atoms with Crippen LogP contribution in [0.1, 0.15) is 77.0 Å². The Morgan fingerprint density at radius 3 is 0.760 bits per heavy atom. The fourth-order valence-corrected chi connectivity index (χ4v) is 2.71. The Labute approximate surface area is 166 Å². The first kappa shape index (κ1) is 23.9. The maximum Gasteiger partial charge on any atom is 0 e. The van der Waals surface area contributed by atoms with Crippen LogP contribution in [-0.2, 0) is 16.5 Å². The van der Waals surface area contributed by atoms with Crippen molar-refractivity contribution in [1.82, 2.24) is 0 Å². The molecule has 0 aromatic heterocycles. The molecular weight excluding hydrogens is 347 g/mol. The van der Waals surface area contributed by atoms with Crippen LogP contribution in [0.15, 0.2) is 72.9 Å². The number of hydrogen-bond acceptors (Lipinski definition) is 0. The molecule has 25 heavy (non-hydrogen) atoms. The largest absolute Gasteiger partial charge is 0.0845 e. The number of hydrogen-bond donors (Lipinski definition) is 0. The van der Waals surface area contributed by atoms with E-state index in [2.05, 4.69) is 72.9 Å². The van der Waals surface area contributed by atoms with Gasteiger partial charge in [-0.05, 0) is 51.4 Å². The van der Waals surface area contributed by atoms with Crippen molar-refractivity contribution in [1.29, 1.82) is 0 Å². The van der Waals surface area contributed by atoms with Crippen LogP contribution >= 0.6 is 0 Å². The summed E-state index contributed by atoms with van der Waals surface area (Å²) >= 11 is 0. The maximum absolute atomic E-state index is 2.26. The van der Waals surface area contributed by atoms with Crippen molar-refractivity contribution in [2.45, 2.75) is 77.0 Å². The summed E-state index contributed by atoms with van der Waals surface area (Å²) in [5, 5.41) is 0. The average Bonchev–Trinajstić information content (AvgIpc) is 2.56. The first-order chi connectivity index (χ1) is 12.0. The van der Waals surface area contributed by atoms with Crippen molar-refractivity contribution in [3.05, 3.63) is 72.9 Å². The zero-order valence-electron chi connectivity index (χ0n) is 15.7. The predicted octanol–water partition coefficient (Wildman–Crippen LogP) is 8.02. The van der Waals surface area contributed by atoms with Crippen molar-refractivity contribution >= 4 is 0 Å². The van der Waals surface area contributed by atoms with Gasteiger partial charge in [0.25, 0.3) is 0 Å². The minimum absolute atomic E-state index is 0. The molecule has 0 bridgehead atoms. The van der Waals surface area contributed by atoms with Gasteiger partial charge in [-0.25, -0.2) is 0 Å². The average molecular weight is 383 g/mol. The van der Waals surface area contributed by atoms with Crippen molar-refractivity contribution < 1.29 is 16.5 Å². The van der Waals surface area contributed by atoms with E-state index in [0.717, 1.165) is 0 Å². The Morgan fingerprint density at radius 1 is 0.280 bits per heavy atom. The van der Waals surface area contributed by atoms with Gasteiger partial charge in [-0.1, -0.05) is 98.6 Å². The Kier molecular flexibility index (Phi) is 20.1. The van der Waals surface area contributed by atoms with Crippen molar-refractivity contribution in [2.75, 3.05) is 0 Å². The molecule has 0 amide bonds. The number of rotatable bonds is 0. The summed E-state index contributed by atoms with van der Waals surface area (Å²) in [5.74, 6) is 0. The molecular formula is C24H36Ni. The summed E-state index contributed by atoms with van der Waals surface area (Å²) in [7, 11) is 0. The SMILES string of the molecule is C1=C\CCCCCC/C=C/C=C/1.C1=C\CCCCCC/C=C/C=C/1.[Ni]. The Balaban J connectivity index is 0.000000443. The van der Waals surface area contributed by atoms with E-state index in [1.165, 1.54) is 77.0 Å². The second-order valence-electron chi connectivity index (χ2n) is 6.47. The smallest absolute Gasteiger partial charge is 0 e. The monoisotopic (exact) mass is 382 g/mol. The summed E-state index contributed by atoms with van der Waals surface area (Å²) in [6, 6.07) is 0. The van der Waals surface area contributed by atoms with Crippen LogP contribution in [0.25, 0.3) is 0 Å². The van der Waals surface area contributed by atoms with Gasteiger partial charge in [0.05, 0.1) is 0 Å². The number of allylic oxidation sites excluding steroid dienone is 12. The Bertz CT molecular complexity index is 353. The van der Waals surface area contributed by atoms with Gasteiger partial charge in [-0.2, -0.15) is 0 Å². The third-order valence-corrected chi connectivity index (χ3v) is 4.19. The summed E-state index contributed by atoms with van der Waals surface area (Å²) in [6.07, 6.45) is 42.0. The molecule has 0 N–H and O–H groups in total. The van der Waals surface area contributed by atoms with Crippen molar-refractivity contribution in [3.63, 3.8) is 0 Å². The molecule has 2 aliphatic carbocycles. The minimum Gasteiger partial charge on any atom is -0.0845 e. The van der Waals surface area contributed by atoms with Crippen LogP contribution in [0.4, 0.5) is 0 Å². The van der Waals surface area contributed by atoms with E-state index in [-0.39, 0.29) is 16.5 Å². The van der Waals surface area contributed by atoms with Crippen LogP contribution in [-0.4, -0.2) is 0 Å². The molecule has 0 atom stereocenters. The molecule has 1 heteroatoms. The van der Waals surface area contributed by atoms with E-state index in [1.54, 1.807) is 0 Å². The second kappa shape index (κ2) is 21.0. The summed E-state index contributed by atoms with van der Waals surface area (Å²) in [6.45, 7) is 0. The van der Waals surface area contributed by atoms with E-state index in [9.17, 15) is 0 Å². The molecule has 0 unspecified atom stereocenters. The van der Waals surface area contributed by atoms with Crippen LogP contribution < -0.4 is 0 Å².